The third kappa shape index (κ3) is 8.65. The first-order chi connectivity index (χ1) is 19.6. The molecule has 4 unspecified atom stereocenters. The standard InChI is InChI=1S/C35H49NO5/c1-6-24-13-26(20-30(18-24)33(38)36-11-9-10-12-36)15-28-17-29(23-32(37)22-28)16-27-14-25(7-2)19-31(21-27)34(39)41-35(4,5)40-8-3/h6-7,14-17,24,30-32,37H,1,8-13,18-23H2,2-5H3/b25-7-,26-15-,29-16-. The van der Waals surface area contributed by atoms with Crippen LogP contribution in [0.5, 0.6) is 0 Å². The van der Waals surface area contributed by atoms with E-state index in [0.29, 0.717) is 44.1 Å². The van der Waals surface area contributed by atoms with E-state index in [2.05, 4.69) is 30.9 Å². The number of allylic oxidation sites excluding steroid dienone is 9. The molecule has 41 heavy (non-hydrogen) atoms. The maximum atomic E-state index is 13.2. The van der Waals surface area contributed by atoms with Crippen LogP contribution in [0.2, 0.25) is 0 Å². The number of ether oxygens (including phenoxy) is 2. The van der Waals surface area contributed by atoms with Crippen LogP contribution >= 0.6 is 0 Å². The first-order valence-electron chi connectivity index (χ1n) is 15.5. The van der Waals surface area contributed by atoms with Gasteiger partial charge in [-0.2, -0.15) is 0 Å². The number of carbonyl (C=O) groups is 2. The summed E-state index contributed by atoms with van der Waals surface area (Å²) < 4.78 is 11.3. The van der Waals surface area contributed by atoms with E-state index < -0.39 is 11.9 Å². The molecule has 1 saturated heterocycles. The van der Waals surface area contributed by atoms with Gasteiger partial charge in [0.05, 0.1) is 12.0 Å². The molecule has 224 valence electrons. The zero-order valence-electron chi connectivity index (χ0n) is 25.5. The number of likely N-dealkylation sites (tertiary alicyclic amines) is 1. The lowest BCUT2D eigenvalue weighted by atomic mass is 9.76. The summed E-state index contributed by atoms with van der Waals surface area (Å²) in [6.45, 7) is 13.7. The fourth-order valence-electron chi connectivity index (χ4n) is 6.79. The molecule has 0 aromatic carbocycles. The largest absolute Gasteiger partial charge is 0.433 e. The second-order valence-corrected chi connectivity index (χ2v) is 12.6. The fraction of sp³-hybridized carbons (Fsp3) is 0.600. The summed E-state index contributed by atoms with van der Waals surface area (Å²) in [7, 11) is 0. The van der Waals surface area contributed by atoms with Gasteiger partial charge in [-0.05, 0) is 94.3 Å². The van der Waals surface area contributed by atoms with Crippen molar-refractivity contribution in [3.8, 4) is 0 Å². The number of aliphatic hydroxyl groups excluding tert-OH is 1. The Kier molecular flexibility index (Phi) is 10.6. The van der Waals surface area contributed by atoms with E-state index >= 15 is 0 Å². The molecule has 0 bridgehead atoms. The fourth-order valence-corrected chi connectivity index (χ4v) is 6.79. The first kappa shape index (κ1) is 31.2. The molecule has 2 fully saturated rings. The average molecular weight is 564 g/mol. The van der Waals surface area contributed by atoms with E-state index in [4.69, 9.17) is 9.47 Å². The number of nitrogens with zero attached hydrogens (tertiary/aromatic N) is 1. The van der Waals surface area contributed by atoms with Crippen molar-refractivity contribution < 1.29 is 24.2 Å². The van der Waals surface area contributed by atoms with E-state index in [9.17, 15) is 14.7 Å². The minimum atomic E-state index is -0.956. The van der Waals surface area contributed by atoms with E-state index in [1.165, 1.54) is 5.57 Å². The van der Waals surface area contributed by atoms with E-state index in [-0.39, 0.29) is 17.8 Å². The topological polar surface area (TPSA) is 76.1 Å². The summed E-state index contributed by atoms with van der Waals surface area (Å²) in [4.78, 5) is 28.3. The molecule has 1 N–H and O–H groups in total. The zero-order valence-corrected chi connectivity index (χ0v) is 25.5. The van der Waals surface area contributed by atoms with Crippen LogP contribution in [-0.2, 0) is 19.1 Å². The molecule has 0 spiro atoms. The Labute approximate surface area is 246 Å². The zero-order chi connectivity index (χ0) is 29.6. The molecule has 6 heteroatoms. The molecule has 6 nitrogen and oxygen atoms in total. The number of hydrogen-bond donors (Lipinski definition) is 1. The maximum Gasteiger partial charge on any atom is 0.312 e. The van der Waals surface area contributed by atoms with Gasteiger partial charge < -0.3 is 19.5 Å². The van der Waals surface area contributed by atoms with Crippen LogP contribution in [0.3, 0.4) is 0 Å². The van der Waals surface area contributed by atoms with Crippen molar-refractivity contribution in [1.29, 1.82) is 0 Å². The van der Waals surface area contributed by atoms with Gasteiger partial charge in [-0.15, -0.1) is 6.58 Å². The number of amides is 1. The number of carbonyl (C=O) groups excluding carboxylic acids is 2. The second-order valence-electron chi connectivity index (χ2n) is 12.6. The van der Waals surface area contributed by atoms with Gasteiger partial charge in [0.25, 0.3) is 0 Å². The minimum Gasteiger partial charge on any atom is -0.433 e. The van der Waals surface area contributed by atoms with E-state index in [1.54, 1.807) is 13.8 Å². The van der Waals surface area contributed by atoms with Crippen LogP contribution in [0.1, 0.15) is 85.5 Å². The summed E-state index contributed by atoms with van der Waals surface area (Å²) in [6.07, 6.45) is 19.5. The Balaban J connectivity index is 1.51. The quantitative estimate of drug-likeness (QED) is 0.201. The molecule has 3 aliphatic carbocycles. The lowest BCUT2D eigenvalue weighted by molar-refractivity contribution is -0.217. The smallest absolute Gasteiger partial charge is 0.312 e. The van der Waals surface area contributed by atoms with Crippen molar-refractivity contribution in [2.24, 2.45) is 17.8 Å². The summed E-state index contributed by atoms with van der Waals surface area (Å²) in [5.41, 5.74) is 5.59. The summed E-state index contributed by atoms with van der Waals surface area (Å²) in [6, 6.07) is 0. The lowest BCUT2D eigenvalue weighted by Crippen LogP contribution is -2.36. The normalized spacial score (nSPS) is 30.4. The highest BCUT2D eigenvalue weighted by Gasteiger charge is 2.33. The van der Waals surface area contributed by atoms with Crippen molar-refractivity contribution in [1.82, 2.24) is 4.90 Å². The average Bonchev–Trinajstić information content (AvgIpc) is 3.46. The van der Waals surface area contributed by atoms with Gasteiger partial charge in [0.15, 0.2) is 0 Å². The van der Waals surface area contributed by atoms with Crippen LogP contribution in [0.4, 0.5) is 0 Å². The van der Waals surface area contributed by atoms with E-state index in [1.807, 2.05) is 30.9 Å². The van der Waals surface area contributed by atoms with Crippen LogP contribution in [0.25, 0.3) is 0 Å². The molecular weight excluding hydrogens is 514 g/mol. The number of esters is 1. The lowest BCUT2D eigenvalue weighted by Gasteiger charge is -2.32. The molecule has 0 aromatic rings. The molecule has 0 radical (unpaired) electrons. The van der Waals surface area contributed by atoms with Gasteiger partial charge >= 0.3 is 5.97 Å². The van der Waals surface area contributed by atoms with Crippen LogP contribution in [-0.4, -0.2) is 53.5 Å². The van der Waals surface area contributed by atoms with Crippen molar-refractivity contribution in [3.63, 3.8) is 0 Å². The highest BCUT2D eigenvalue weighted by atomic mass is 16.7. The SMILES string of the molecule is C=CC1C/C(=C/C2=CC(=C/C3=CC(=C/C)/CC(C(=O)OC(C)(C)OCC)C3)/CC(O)C2)CC(C(=O)N2CCCC2)C1. The molecule has 1 saturated carbocycles. The van der Waals surface area contributed by atoms with Gasteiger partial charge in [0.2, 0.25) is 11.7 Å². The molecule has 1 amide bonds. The highest BCUT2D eigenvalue weighted by molar-refractivity contribution is 5.79. The van der Waals surface area contributed by atoms with Gasteiger partial charge in [0.1, 0.15) is 0 Å². The third-order valence-electron chi connectivity index (χ3n) is 8.67. The number of rotatable bonds is 8. The van der Waals surface area contributed by atoms with Crippen molar-refractivity contribution in [2.75, 3.05) is 19.7 Å². The predicted molar refractivity (Wildman–Crippen MR) is 163 cm³/mol. The molecule has 4 aliphatic rings. The van der Waals surface area contributed by atoms with Crippen molar-refractivity contribution in [3.05, 3.63) is 70.9 Å². The molecular formula is C35H49NO5. The first-order valence-corrected chi connectivity index (χ1v) is 15.5. The molecule has 4 atom stereocenters. The maximum absolute atomic E-state index is 13.2. The van der Waals surface area contributed by atoms with Crippen LogP contribution < -0.4 is 0 Å². The number of aliphatic hydroxyl groups is 1. The van der Waals surface area contributed by atoms with Crippen molar-refractivity contribution >= 4 is 11.9 Å². The van der Waals surface area contributed by atoms with Gasteiger partial charge in [-0.1, -0.05) is 47.6 Å². The highest BCUT2D eigenvalue weighted by Crippen LogP contribution is 2.38. The van der Waals surface area contributed by atoms with E-state index in [0.717, 1.165) is 67.5 Å². The summed E-state index contributed by atoms with van der Waals surface area (Å²) in [5, 5.41) is 10.8. The van der Waals surface area contributed by atoms with Gasteiger partial charge in [0, 0.05) is 39.5 Å². The van der Waals surface area contributed by atoms with Gasteiger partial charge in [-0.3, -0.25) is 9.59 Å². The molecule has 1 aliphatic heterocycles. The minimum absolute atomic E-state index is 0.0104. The van der Waals surface area contributed by atoms with Crippen LogP contribution in [0.15, 0.2) is 70.9 Å². The predicted octanol–water partition coefficient (Wildman–Crippen LogP) is 6.74. The Morgan fingerprint density at radius 1 is 1.00 bits per heavy atom. The number of hydrogen-bond acceptors (Lipinski definition) is 5. The summed E-state index contributed by atoms with van der Waals surface area (Å²) in [5.74, 6) is -0.881. The molecule has 0 aromatic heterocycles. The summed E-state index contributed by atoms with van der Waals surface area (Å²) >= 11 is 0. The van der Waals surface area contributed by atoms with Gasteiger partial charge in [-0.25, -0.2) is 0 Å². The Bertz CT molecular complexity index is 1150. The monoisotopic (exact) mass is 563 g/mol. The Hall–Kier alpha value is -2.70. The Morgan fingerprint density at radius 3 is 2.39 bits per heavy atom. The second kappa shape index (κ2) is 14.0. The third-order valence-corrected chi connectivity index (χ3v) is 8.67. The van der Waals surface area contributed by atoms with Crippen LogP contribution in [0, 0.1) is 17.8 Å². The molecule has 1 heterocycles. The van der Waals surface area contributed by atoms with Crippen molar-refractivity contribution in [2.45, 2.75) is 97.4 Å². The molecule has 4 rings (SSSR count). The Morgan fingerprint density at radius 2 is 1.71 bits per heavy atom.